The second kappa shape index (κ2) is 4.75. The highest BCUT2D eigenvalue weighted by molar-refractivity contribution is 5.04. The standard InChI is InChI=1S/C15H20FNO2/c16-11-3-4-14(19)17(10-11)13-9-12(18)5-8-15(13)6-1-2-7-15/h3-4,10,12-13,18H,1-2,5-9H2. The quantitative estimate of drug-likeness (QED) is 0.848. The van der Waals surface area contributed by atoms with Crippen LogP contribution in [0.25, 0.3) is 0 Å². The van der Waals surface area contributed by atoms with Gasteiger partial charge in [0.15, 0.2) is 0 Å². The van der Waals surface area contributed by atoms with Gasteiger partial charge in [-0.3, -0.25) is 4.79 Å². The van der Waals surface area contributed by atoms with Gasteiger partial charge in [-0.1, -0.05) is 12.8 Å². The van der Waals surface area contributed by atoms with E-state index in [1.165, 1.54) is 35.7 Å². The molecule has 0 aromatic carbocycles. The second-order valence-corrected chi connectivity index (χ2v) is 6.11. The minimum absolute atomic E-state index is 0.0538. The minimum Gasteiger partial charge on any atom is -0.393 e. The summed E-state index contributed by atoms with van der Waals surface area (Å²) >= 11 is 0. The molecule has 1 aromatic rings. The molecule has 0 saturated heterocycles. The predicted octanol–water partition coefficient (Wildman–Crippen LogP) is 2.63. The van der Waals surface area contributed by atoms with Crippen molar-refractivity contribution >= 4 is 0 Å². The summed E-state index contributed by atoms with van der Waals surface area (Å²) in [5.41, 5.74) is -0.0663. The maximum Gasteiger partial charge on any atom is 0.250 e. The third kappa shape index (κ3) is 2.22. The zero-order valence-electron chi connectivity index (χ0n) is 11.0. The molecule has 1 heterocycles. The number of aliphatic hydroxyl groups excluding tert-OH is 1. The average molecular weight is 265 g/mol. The van der Waals surface area contributed by atoms with Crippen LogP contribution in [0.3, 0.4) is 0 Å². The van der Waals surface area contributed by atoms with Crippen molar-refractivity contribution in [2.24, 2.45) is 5.41 Å². The molecule has 2 saturated carbocycles. The molecule has 0 aliphatic heterocycles. The van der Waals surface area contributed by atoms with Crippen molar-refractivity contribution in [3.63, 3.8) is 0 Å². The minimum atomic E-state index is -0.382. The van der Waals surface area contributed by atoms with Gasteiger partial charge >= 0.3 is 0 Å². The van der Waals surface area contributed by atoms with Crippen molar-refractivity contribution in [3.8, 4) is 0 Å². The Balaban J connectivity index is 2.03. The molecule has 4 heteroatoms. The van der Waals surface area contributed by atoms with Crippen LogP contribution >= 0.6 is 0 Å². The third-order valence-corrected chi connectivity index (χ3v) is 5.01. The van der Waals surface area contributed by atoms with Gasteiger partial charge in [0.05, 0.1) is 6.10 Å². The van der Waals surface area contributed by atoms with Gasteiger partial charge < -0.3 is 9.67 Å². The Morgan fingerprint density at radius 2 is 2.00 bits per heavy atom. The summed E-state index contributed by atoms with van der Waals surface area (Å²) in [6, 6.07) is 2.44. The summed E-state index contributed by atoms with van der Waals surface area (Å²) in [5.74, 6) is -0.382. The van der Waals surface area contributed by atoms with Crippen LogP contribution in [0.5, 0.6) is 0 Å². The van der Waals surface area contributed by atoms with Crippen molar-refractivity contribution in [2.45, 2.75) is 57.1 Å². The van der Waals surface area contributed by atoms with Gasteiger partial charge in [-0.05, 0) is 43.6 Å². The molecule has 2 atom stereocenters. The Morgan fingerprint density at radius 3 is 2.74 bits per heavy atom. The van der Waals surface area contributed by atoms with Crippen molar-refractivity contribution in [1.29, 1.82) is 0 Å². The van der Waals surface area contributed by atoms with Crippen molar-refractivity contribution < 1.29 is 9.50 Å². The van der Waals surface area contributed by atoms with E-state index in [-0.39, 0.29) is 28.9 Å². The summed E-state index contributed by atoms with van der Waals surface area (Å²) in [7, 11) is 0. The molecule has 1 N–H and O–H groups in total. The van der Waals surface area contributed by atoms with Gasteiger partial charge in [0.25, 0.3) is 5.56 Å². The second-order valence-electron chi connectivity index (χ2n) is 6.11. The number of nitrogens with zero attached hydrogens (tertiary/aromatic N) is 1. The van der Waals surface area contributed by atoms with E-state index in [9.17, 15) is 14.3 Å². The summed E-state index contributed by atoms with van der Waals surface area (Å²) in [6.07, 6.45) is 7.80. The predicted molar refractivity (Wildman–Crippen MR) is 70.5 cm³/mol. The normalized spacial score (nSPS) is 29.8. The van der Waals surface area contributed by atoms with Crippen LogP contribution in [0.1, 0.15) is 51.0 Å². The lowest BCUT2D eigenvalue weighted by Gasteiger charge is -2.44. The van der Waals surface area contributed by atoms with E-state index in [4.69, 9.17) is 0 Å². The Labute approximate surface area is 112 Å². The first-order valence-corrected chi connectivity index (χ1v) is 7.16. The maximum atomic E-state index is 13.5. The first-order chi connectivity index (χ1) is 9.11. The molecular formula is C15H20FNO2. The zero-order valence-corrected chi connectivity index (χ0v) is 11.0. The number of rotatable bonds is 1. The summed E-state index contributed by atoms with van der Waals surface area (Å²) in [5, 5.41) is 9.94. The monoisotopic (exact) mass is 265 g/mol. The van der Waals surface area contributed by atoms with Crippen molar-refractivity contribution in [3.05, 3.63) is 34.5 Å². The number of halogens is 1. The lowest BCUT2D eigenvalue weighted by Crippen LogP contribution is -2.42. The fourth-order valence-corrected chi connectivity index (χ4v) is 4.04. The Bertz CT molecular complexity index is 519. The van der Waals surface area contributed by atoms with E-state index in [2.05, 4.69) is 0 Å². The first-order valence-electron chi connectivity index (χ1n) is 7.16. The molecule has 1 spiro atoms. The molecule has 2 aliphatic carbocycles. The van der Waals surface area contributed by atoms with Crippen LogP contribution < -0.4 is 5.56 Å². The third-order valence-electron chi connectivity index (χ3n) is 5.01. The fraction of sp³-hybridized carbons (Fsp3) is 0.667. The molecule has 3 rings (SSSR count). The van der Waals surface area contributed by atoms with E-state index in [1.807, 2.05) is 0 Å². The molecule has 3 nitrogen and oxygen atoms in total. The number of aromatic nitrogens is 1. The molecule has 104 valence electrons. The summed E-state index contributed by atoms with van der Waals surface area (Å²) in [4.78, 5) is 12.0. The van der Waals surface area contributed by atoms with E-state index >= 15 is 0 Å². The van der Waals surface area contributed by atoms with Gasteiger partial charge in [-0.2, -0.15) is 0 Å². The highest BCUT2D eigenvalue weighted by atomic mass is 19.1. The molecule has 0 radical (unpaired) electrons. The van der Waals surface area contributed by atoms with E-state index < -0.39 is 0 Å². The number of hydrogen-bond acceptors (Lipinski definition) is 2. The topological polar surface area (TPSA) is 42.2 Å². The molecule has 2 aliphatic rings. The van der Waals surface area contributed by atoms with E-state index in [1.54, 1.807) is 0 Å². The number of aliphatic hydroxyl groups is 1. The first kappa shape index (κ1) is 12.9. The van der Waals surface area contributed by atoms with Crippen LogP contribution in [0.15, 0.2) is 23.1 Å². The van der Waals surface area contributed by atoms with Crippen molar-refractivity contribution in [2.75, 3.05) is 0 Å². The molecule has 2 fully saturated rings. The molecule has 0 bridgehead atoms. The van der Waals surface area contributed by atoms with E-state index in [0.717, 1.165) is 25.7 Å². The van der Waals surface area contributed by atoms with Crippen LogP contribution in [-0.2, 0) is 0 Å². The molecule has 19 heavy (non-hydrogen) atoms. The average Bonchev–Trinajstić information content (AvgIpc) is 2.85. The molecule has 1 aromatic heterocycles. The van der Waals surface area contributed by atoms with Gasteiger partial charge in [0.1, 0.15) is 5.82 Å². The highest BCUT2D eigenvalue weighted by Gasteiger charge is 2.46. The van der Waals surface area contributed by atoms with Gasteiger partial charge in [0, 0.05) is 18.3 Å². The van der Waals surface area contributed by atoms with Crippen LogP contribution in [0.2, 0.25) is 0 Å². The van der Waals surface area contributed by atoms with Gasteiger partial charge in [-0.15, -0.1) is 0 Å². The number of pyridine rings is 1. The fourth-order valence-electron chi connectivity index (χ4n) is 4.04. The number of hydrogen-bond donors (Lipinski definition) is 1. The lowest BCUT2D eigenvalue weighted by molar-refractivity contribution is 0.0157. The highest BCUT2D eigenvalue weighted by Crippen LogP contribution is 2.54. The Kier molecular flexibility index (Phi) is 3.21. The Hall–Kier alpha value is -1.16. The van der Waals surface area contributed by atoms with Gasteiger partial charge in [0.2, 0.25) is 0 Å². The summed E-state index contributed by atoms with van der Waals surface area (Å²) in [6.45, 7) is 0. The molecule has 2 unspecified atom stereocenters. The smallest absolute Gasteiger partial charge is 0.250 e. The van der Waals surface area contributed by atoms with Crippen LogP contribution in [0.4, 0.5) is 4.39 Å². The van der Waals surface area contributed by atoms with E-state index in [0.29, 0.717) is 6.42 Å². The molecule has 0 amide bonds. The van der Waals surface area contributed by atoms with Crippen molar-refractivity contribution in [1.82, 2.24) is 4.57 Å². The molecular weight excluding hydrogens is 245 g/mol. The Morgan fingerprint density at radius 1 is 1.26 bits per heavy atom. The maximum absolute atomic E-state index is 13.5. The zero-order chi connectivity index (χ0) is 13.5. The van der Waals surface area contributed by atoms with Gasteiger partial charge in [-0.25, -0.2) is 4.39 Å². The van der Waals surface area contributed by atoms with Crippen LogP contribution in [-0.4, -0.2) is 15.8 Å². The lowest BCUT2D eigenvalue weighted by atomic mass is 9.68. The van der Waals surface area contributed by atoms with Crippen LogP contribution in [0, 0.1) is 11.2 Å². The SMILES string of the molecule is O=c1ccc(F)cn1C1CC(O)CCC12CCCC2. The largest absolute Gasteiger partial charge is 0.393 e. The summed E-state index contributed by atoms with van der Waals surface area (Å²) < 4.78 is 15.0.